The smallest absolute Gasteiger partial charge is 0.343 e. The molecule has 2 aliphatic rings. The molecular formula is C23H23IN2O3. The minimum Gasteiger partial charge on any atom is -0.425 e. The van der Waals surface area contributed by atoms with Gasteiger partial charge in [-0.15, -0.1) is 0 Å². The molecule has 150 valence electrons. The van der Waals surface area contributed by atoms with Crippen LogP contribution in [-0.2, 0) is 9.53 Å². The molecule has 0 aliphatic carbocycles. The Morgan fingerprint density at radius 2 is 1.76 bits per heavy atom. The summed E-state index contributed by atoms with van der Waals surface area (Å²) in [4.78, 5) is 25.5. The molecule has 4 rings (SSSR count). The first-order valence-electron chi connectivity index (χ1n) is 9.65. The van der Waals surface area contributed by atoms with Gasteiger partial charge in [0, 0.05) is 21.4 Å². The van der Waals surface area contributed by atoms with E-state index in [0.717, 1.165) is 9.13 Å². The quantitative estimate of drug-likeness (QED) is 0.443. The fraction of sp³-hybridized carbons (Fsp3) is 0.304. The number of halogens is 1. The van der Waals surface area contributed by atoms with Gasteiger partial charge in [-0.3, -0.25) is 4.79 Å². The van der Waals surface area contributed by atoms with E-state index < -0.39 is 11.4 Å². The Kier molecular flexibility index (Phi) is 5.25. The molecule has 1 fully saturated rings. The number of hydrazine groups is 1. The summed E-state index contributed by atoms with van der Waals surface area (Å²) in [5.41, 5.74) is 1.07. The lowest BCUT2D eigenvalue weighted by Crippen LogP contribution is -2.51. The van der Waals surface area contributed by atoms with Gasteiger partial charge in [0.2, 0.25) is 5.91 Å². The summed E-state index contributed by atoms with van der Waals surface area (Å²) in [6, 6.07) is 17.0. The van der Waals surface area contributed by atoms with Gasteiger partial charge >= 0.3 is 5.97 Å². The van der Waals surface area contributed by atoms with Gasteiger partial charge in [0.1, 0.15) is 5.76 Å². The molecule has 2 aliphatic heterocycles. The molecule has 2 aromatic rings. The van der Waals surface area contributed by atoms with Crippen molar-refractivity contribution >= 4 is 34.5 Å². The molecule has 0 unspecified atom stereocenters. The summed E-state index contributed by atoms with van der Waals surface area (Å²) < 4.78 is 6.99. The van der Waals surface area contributed by atoms with Crippen LogP contribution in [0.1, 0.15) is 49.2 Å². The molecule has 29 heavy (non-hydrogen) atoms. The van der Waals surface area contributed by atoms with Gasteiger partial charge < -0.3 is 4.74 Å². The summed E-state index contributed by atoms with van der Waals surface area (Å²) >= 11 is 2.33. The highest BCUT2D eigenvalue weighted by Crippen LogP contribution is 2.51. The van der Waals surface area contributed by atoms with Crippen molar-refractivity contribution in [2.75, 3.05) is 0 Å². The van der Waals surface area contributed by atoms with Gasteiger partial charge in [0.25, 0.3) is 0 Å². The molecule has 1 saturated heterocycles. The molecular weight excluding hydrogens is 479 g/mol. The maximum Gasteiger partial charge on any atom is 0.343 e. The summed E-state index contributed by atoms with van der Waals surface area (Å²) in [6.45, 7) is 6.20. The number of esters is 1. The number of ether oxygens (including phenoxy) is 1. The third kappa shape index (κ3) is 3.48. The van der Waals surface area contributed by atoms with Crippen LogP contribution in [0.15, 0.2) is 66.6 Å². The van der Waals surface area contributed by atoms with Crippen LogP contribution in [-0.4, -0.2) is 27.9 Å². The van der Waals surface area contributed by atoms with Crippen LogP contribution >= 0.6 is 22.6 Å². The zero-order valence-corrected chi connectivity index (χ0v) is 18.8. The van der Waals surface area contributed by atoms with E-state index in [9.17, 15) is 9.59 Å². The number of hydrogen-bond donors (Lipinski definition) is 0. The zero-order chi connectivity index (χ0) is 20.8. The molecule has 0 bridgehead atoms. The second-order valence-corrected chi connectivity index (χ2v) is 9.23. The number of nitrogens with zero attached hydrogens (tertiary/aromatic N) is 2. The molecule has 0 aromatic heterocycles. The first kappa shape index (κ1) is 20.1. The fourth-order valence-corrected chi connectivity index (χ4v) is 4.84. The number of rotatable bonds is 3. The maximum atomic E-state index is 12.8. The predicted octanol–water partition coefficient (Wildman–Crippen LogP) is 4.91. The largest absolute Gasteiger partial charge is 0.425 e. The molecule has 2 heterocycles. The van der Waals surface area contributed by atoms with Crippen LogP contribution in [0.4, 0.5) is 0 Å². The van der Waals surface area contributed by atoms with Crippen molar-refractivity contribution in [3.05, 3.63) is 81.3 Å². The Balaban J connectivity index is 1.79. The van der Waals surface area contributed by atoms with Crippen LogP contribution in [0, 0.1) is 8.99 Å². The van der Waals surface area contributed by atoms with E-state index in [-0.39, 0.29) is 18.0 Å². The van der Waals surface area contributed by atoms with E-state index in [1.165, 1.54) is 0 Å². The Labute approximate surface area is 184 Å². The van der Waals surface area contributed by atoms with E-state index in [0.29, 0.717) is 17.7 Å². The van der Waals surface area contributed by atoms with Crippen molar-refractivity contribution in [2.24, 2.45) is 5.41 Å². The molecule has 0 saturated carbocycles. The first-order valence-corrected chi connectivity index (χ1v) is 10.7. The molecule has 2 aromatic carbocycles. The van der Waals surface area contributed by atoms with Crippen LogP contribution in [0.3, 0.4) is 0 Å². The Morgan fingerprint density at radius 3 is 2.45 bits per heavy atom. The number of carbonyl (C=O) groups excluding carboxylic acids is 2. The van der Waals surface area contributed by atoms with Crippen LogP contribution in [0.25, 0.3) is 0 Å². The topological polar surface area (TPSA) is 49.9 Å². The molecule has 1 amide bonds. The van der Waals surface area contributed by atoms with Crippen molar-refractivity contribution in [2.45, 2.75) is 39.3 Å². The number of benzene rings is 2. The molecule has 2 atom stereocenters. The average molecular weight is 502 g/mol. The minimum absolute atomic E-state index is 0.0113. The lowest BCUT2D eigenvalue weighted by atomic mass is 9.77. The molecule has 5 nitrogen and oxygen atoms in total. The number of hydrogen-bond acceptors (Lipinski definition) is 4. The summed E-state index contributed by atoms with van der Waals surface area (Å²) in [5, 5.41) is 3.76. The second kappa shape index (κ2) is 7.57. The Hall–Kier alpha value is -2.19. The standard InChI is InChI=1S/C23H23IN2O3/c1-15-13-20(27)25-14-19(29-22(28)16-9-5-4-6-10-16)23(2,3)21(26(15)25)17-11-7-8-12-18(17)24/h4-12,14-15,21H,13H2,1-3H3/t15-,21+/m0/s1. The van der Waals surface area contributed by atoms with Gasteiger partial charge in [0.15, 0.2) is 0 Å². The maximum absolute atomic E-state index is 12.8. The first-order chi connectivity index (χ1) is 13.8. The lowest BCUT2D eigenvalue weighted by molar-refractivity contribution is -0.143. The third-order valence-electron chi connectivity index (χ3n) is 5.66. The second-order valence-electron chi connectivity index (χ2n) is 8.07. The van der Waals surface area contributed by atoms with Crippen molar-refractivity contribution in [3.63, 3.8) is 0 Å². The van der Waals surface area contributed by atoms with E-state index in [2.05, 4.69) is 60.5 Å². The molecule has 6 heteroatoms. The normalized spacial score (nSPS) is 23.5. The van der Waals surface area contributed by atoms with Gasteiger partial charge in [-0.25, -0.2) is 14.8 Å². The minimum atomic E-state index is -0.527. The predicted molar refractivity (Wildman–Crippen MR) is 118 cm³/mol. The summed E-state index contributed by atoms with van der Waals surface area (Å²) in [7, 11) is 0. The van der Waals surface area contributed by atoms with Gasteiger partial charge in [-0.1, -0.05) is 50.2 Å². The van der Waals surface area contributed by atoms with Crippen LogP contribution in [0.2, 0.25) is 0 Å². The van der Waals surface area contributed by atoms with E-state index in [4.69, 9.17) is 4.74 Å². The van der Waals surface area contributed by atoms with Crippen LogP contribution in [0.5, 0.6) is 0 Å². The highest BCUT2D eigenvalue weighted by atomic mass is 127. The molecule has 0 N–H and O–H groups in total. The van der Waals surface area contributed by atoms with Gasteiger partial charge in [-0.05, 0) is 53.3 Å². The highest BCUT2D eigenvalue weighted by molar-refractivity contribution is 14.1. The SMILES string of the molecule is C[C@H]1CC(=O)N2C=C(OC(=O)c3ccccc3)C(C)(C)[C@@H](c3ccccc3I)N12. The molecule has 0 spiro atoms. The Morgan fingerprint density at radius 1 is 1.10 bits per heavy atom. The van der Waals surface area contributed by atoms with Crippen molar-refractivity contribution in [1.29, 1.82) is 0 Å². The lowest BCUT2D eigenvalue weighted by Gasteiger charge is -2.49. The highest BCUT2D eigenvalue weighted by Gasteiger charge is 2.52. The van der Waals surface area contributed by atoms with Crippen LogP contribution < -0.4 is 0 Å². The van der Waals surface area contributed by atoms with Gasteiger partial charge in [0.05, 0.1) is 17.8 Å². The monoisotopic (exact) mass is 502 g/mol. The number of fused-ring (bicyclic) bond motifs is 1. The third-order valence-corrected chi connectivity index (χ3v) is 6.64. The Bertz CT molecular complexity index is 987. The van der Waals surface area contributed by atoms with E-state index >= 15 is 0 Å². The summed E-state index contributed by atoms with van der Waals surface area (Å²) in [5.74, 6) is 0.0893. The van der Waals surface area contributed by atoms with Crippen molar-refractivity contribution < 1.29 is 14.3 Å². The van der Waals surface area contributed by atoms with Crippen molar-refractivity contribution in [1.82, 2.24) is 10.0 Å². The zero-order valence-electron chi connectivity index (χ0n) is 16.6. The molecule has 0 radical (unpaired) electrons. The number of carbonyl (C=O) groups is 2. The summed E-state index contributed by atoms with van der Waals surface area (Å²) in [6.07, 6.45) is 2.13. The van der Waals surface area contributed by atoms with E-state index in [1.807, 2.05) is 18.2 Å². The fourth-order valence-electron chi connectivity index (χ4n) is 4.16. The number of amides is 1. The van der Waals surface area contributed by atoms with Gasteiger partial charge in [-0.2, -0.15) is 0 Å². The van der Waals surface area contributed by atoms with Crippen molar-refractivity contribution in [3.8, 4) is 0 Å². The average Bonchev–Trinajstić information content (AvgIpc) is 2.97. The van der Waals surface area contributed by atoms with E-state index in [1.54, 1.807) is 35.5 Å².